The van der Waals surface area contributed by atoms with E-state index in [2.05, 4.69) is 33.0 Å². The van der Waals surface area contributed by atoms with E-state index in [9.17, 15) is 0 Å². The summed E-state index contributed by atoms with van der Waals surface area (Å²) in [5.74, 6) is 0.704. The first-order valence-electron chi connectivity index (χ1n) is 8.88. The summed E-state index contributed by atoms with van der Waals surface area (Å²) in [6.45, 7) is 11.7. The maximum absolute atomic E-state index is 6.53. The summed E-state index contributed by atoms with van der Waals surface area (Å²) in [5.41, 5.74) is 0.656. The normalized spacial score (nSPS) is 28.4. The Morgan fingerprint density at radius 2 is 1.95 bits per heavy atom. The Morgan fingerprint density at radius 3 is 2.55 bits per heavy atom. The Balaban J connectivity index is 1.88. The van der Waals surface area contributed by atoms with Crippen LogP contribution in [0.3, 0.4) is 0 Å². The fourth-order valence-corrected chi connectivity index (χ4v) is 4.01. The Hall–Kier alpha value is -0.0800. The fourth-order valence-electron chi connectivity index (χ4n) is 4.01. The molecular weight excluding hydrogens is 246 g/mol. The average molecular weight is 281 g/mol. The largest absolute Gasteiger partial charge is 0.372 e. The van der Waals surface area contributed by atoms with Crippen molar-refractivity contribution >= 4 is 0 Å². The van der Waals surface area contributed by atoms with Gasteiger partial charge in [0.05, 0.1) is 11.7 Å². The fraction of sp³-hybridized carbons (Fsp3) is 1.00. The first kappa shape index (κ1) is 16.3. The Morgan fingerprint density at radius 1 is 1.25 bits per heavy atom. The van der Waals surface area contributed by atoms with Gasteiger partial charge in [0.1, 0.15) is 0 Å². The first-order valence-corrected chi connectivity index (χ1v) is 8.88. The molecule has 0 radical (unpaired) electrons. The van der Waals surface area contributed by atoms with Gasteiger partial charge in [0, 0.05) is 6.54 Å². The van der Waals surface area contributed by atoms with Gasteiger partial charge in [-0.3, -0.25) is 0 Å². The van der Waals surface area contributed by atoms with Crippen LogP contribution < -0.4 is 5.32 Å². The van der Waals surface area contributed by atoms with E-state index in [4.69, 9.17) is 4.74 Å². The SMILES string of the molecule is CCCNCC(C)(CC1CCC2(CCCC2)O1)C(C)C. The summed E-state index contributed by atoms with van der Waals surface area (Å²) >= 11 is 0. The molecule has 1 heterocycles. The van der Waals surface area contributed by atoms with Crippen molar-refractivity contribution in [1.82, 2.24) is 5.32 Å². The van der Waals surface area contributed by atoms with Crippen molar-refractivity contribution in [2.45, 2.75) is 90.8 Å². The van der Waals surface area contributed by atoms with Gasteiger partial charge in [-0.1, -0.05) is 40.5 Å². The van der Waals surface area contributed by atoms with Gasteiger partial charge in [0.25, 0.3) is 0 Å². The maximum Gasteiger partial charge on any atom is 0.0687 e. The van der Waals surface area contributed by atoms with E-state index in [0.29, 0.717) is 23.0 Å². The summed E-state index contributed by atoms with van der Waals surface area (Å²) < 4.78 is 6.53. The number of rotatable bonds is 7. The van der Waals surface area contributed by atoms with Crippen LogP contribution in [0.25, 0.3) is 0 Å². The van der Waals surface area contributed by atoms with E-state index in [-0.39, 0.29) is 0 Å². The molecule has 2 atom stereocenters. The van der Waals surface area contributed by atoms with E-state index in [1.165, 1.54) is 51.4 Å². The molecule has 2 nitrogen and oxygen atoms in total. The maximum atomic E-state index is 6.53. The van der Waals surface area contributed by atoms with Crippen molar-refractivity contribution in [2.24, 2.45) is 11.3 Å². The molecule has 1 spiro atoms. The molecule has 2 heteroatoms. The van der Waals surface area contributed by atoms with Gasteiger partial charge in [-0.15, -0.1) is 0 Å². The van der Waals surface area contributed by atoms with Crippen LogP contribution in [-0.4, -0.2) is 24.8 Å². The second kappa shape index (κ2) is 6.79. The third kappa shape index (κ3) is 3.76. The molecule has 2 aliphatic rings. The lowest BCUT2D eigenvalue weighted by Crippen LogP contribution is -2.39. The lowest BCUT2D eigenvalue weighted by atomic mass is 9.74. The molecule has 0 aromatic rings. The van der Waals surface area contributed by atoms with Crippen molar-refractivity contribution in [1.29, 1.82) is 0 Å². The molecule has 1 aliphatic heterocycles. The minimum absolute atomic E-state index is 0.291. The summed E-state index contributed by atoms with van der Waals surface area (Å²) in [4.78, 5) is 0. The van der Waals surface area contributed by atoms with Gasteiger partial charge < -0.3 is 10.1 Å². The Labute approximate surface area is 126 Å². The third-order valence-electron chi connectivity index (χ3n) is 5.90. The molecule has 2 unspecified atom stereocenters. The van der Waals surface area contributed by atoms with Crippen LogP contribution in [0.4, 0.5) is 0 Å². The molecular formula is C18H35NO. The van der Waals surface area contributed by atoms with E-state index in [0.717, 1.165) is 13.1 Å². The quantitative estimate of drug-likeness (QED) is 0.692. The molecule has 20 heavy (non-hydrogen) atoms. The zero-order chi connectivity index (χ0) is 14.6. The molecule has 0 aromatic carbocycles. The lowest BCUT2D eigenvalue weighted by Gasteiger charge is -2.37. The highest BCUT2D eigenvalue weighted by atomic mass is 16.5. The van der Waals surface area contributed by atoms with Crippen molar-refractivity contribution in [2.75, 3.05) is 13.1 Å². The van der Waals surface area contributed by atoms with Gasteiger partial charge in [0.15, 0.2) is 0 Å². The highest BCUT2D eigenvalue weighted by Gasteiger charge is 2.44. The Bertz CT molecular complexity index is 296. The molecule has 1 saturated carbocycles. The molecule has 1 N–H and O–H groups in total. The van der Waals surface area contributed by atoms with Crippen LogP contribution in [-0.2, 0) is 4.74 Å². The lowest BCUT2D eigenvalue weighted by molar-refractivity contribution is -0.0566. The van der Waals surface area contributed by atoms with Crippen molar-refractivity contribution in [3.05, 3.63) is 0 Å². The molecule has 1 saturated heterocycles. The van der Waals surface area contributed by atoms with Crippen molar-refractivity contribution in [3.63, 3.8) is 0 Å². The summed E-state index contributed by atoms with van der Waals surface area (Å²) in [7, 11) is 0. The van der Waals surface area contributed by atoms with Crippen LogP contribution in [0.2, 0.25) is 0 Å². The zero-order valence-corrected chi connectivity index (χ0v) is 14.1. The Kier molecular flexibility index (Phi) is 5.53. The minimum Gasteiger partial charge on any atom is -0.372 e. The summed E-state index contributed by atoms with van der Waals surface area (Å²) in [6.07, 6.45) is 10.9. The predicted octanol–water partition coefficient (Wildman–Crippen LogP) is 4.53. The molecule has 0 aromatic heterocycles. The van der Waals surface area contributed by atoms with E-state index in [1.807, 2.05) is 0 Å². The minimum atomic E-state index is 0.291. The van der Waals surface area contributed by atoms with E-state index < -0.39 is 0 Å². The van der Waals surface area contributed by atoms with Crippen LogP contribution in [0.1, 0.15) is 79.1 Å². The van der Waals surface area contributed by atoms with Gasteiger partial charge >= 0.3 is 0 Å². The third-order valence-corrected chi connectivity index (χ3v) is 5.90. The predicted molar refractivity (Wildman–Crippen MR) is 86.0 cm³/mol. The highest BCUT2D eigenvalue weighted by molar-refractivity contribution is 4.95. The molecule has 1 aliphatic carbocycles. The number of hydrogen-bond donors (Lipinski definition) is 1. The molecule has 118 valence electrons. The van der Waals surface area contributed by atoms with Crippen LogP contribution in [0, 0.1) is 11.3 Å². The van der Waals surface area contributed by atoms with Gasteiger partial charge in [-0.25, -0.2) is 0 Å². The number of ether oxygens (including phenoxy) is 1. The molecule has 2 fully saturated rings. The summed E-state index contributed by atoms with van der Waals surface area (Å²) in [5, 5.41) is 3.64. The average Bonchev–Trinajstić information content (AvgIpc) is 3.01. The molecule has 2 rings (SSSR count). The number of nitrogens with one attached hydrogen (secondary N) is 1. The van der Waals surface area contributed by atoms with E-state index >= 15 is 0 Å². The van der Waals surface area contributed by atoms with Crippen molar-refractivity contribution in [3.8, 4) is 0 Å². The zero-order valence-electron chi connectivity index (χ0n) is 14.1. The second-order valence-corrected chi connectivity index (χ2v) is 7.86. The topological polar surface area (TPSA) is 21.3 Å². The highest BCUT2D eigenvalue weighted by Crippen LogP contribution is 2.46. The monoisotopic (exact) mass is 281 g/mol. The van der Waals surface area contributed by atoms with Crippen LogP contribution in [0.5, 0.6) is 0 Å². The van der Waals surface area contributed by atoms with Crippen molar-refractivity contribution < 1.29 is 4.74 Å². The molecule has 0 bridgehead atoms. The van der Waals surface area contributed by atoms with Gasteiger partial charge in [0.2, 0.25) is 0 Å². The van der Waals surface area contributed by atoms with Gasteiger partial charge in [-0.05, 0) is 56.4 Å². The van der Waals surface area contributed by atoms with E-state index in [1.54, 1.807) is 0 Å². The second-order valence-electron chi connectivity index (χ2n) is 7.86. The number of hydrogen-bond acceptors (Lipinski definition) is 2. The van der Waals surface area contributed by atoms with Crippen LogP contribution >= 0.6 is 0 Å². The standard InChI is InChI=1S/C18H35NO/c1-5-12-19-14-17(4,15(2)3)13-16-8-11-18(20-16)9-6-7-10-18/h15-16,19H,5-14H2,1-4H3. The smallest absolute Gasteiger partial charge is 0.0687 e. The van der Waals surface area contributed by atoms with Crippen LogP contribution in [0.15, 0.2) is 0 Å². The molecule has 0 amide bonds. The van der Waals surface area contributed by atoms with Gasteiger partial charge in [-0.2, -0.15) is 0 Å². The first-order chi connectivity index (χ1) is 9.50. The summed E-state index contributed by atoms with van der Waals surface area (Å²) in [6, 6.07) is 0.